The van der Waals surface area contributed by atoms with Crippen LogP contribution in [0.5, 0.6) is 5.75 Å². The second-order valence-electron chi connectivity index (χ2n) is 4.66. The van der Waals surface area contributed by atoms with Gasteiger partial charge in [0.1, 0.15) is 5.82 Å². The van der Waals surface area contributed by atoms with Crippen LogP contribution in [0.2, 0.25) is 0 Å². The first-order valence-corrected chi connectivity index (χ1v) is 7.19. The number of benzene rings is 2. The molecule has 1 heterocycles. The van der Waals surface area contributed by atoms with E-state index in [-0.39, 0.29) is 17.3 Å². The zero-order chi connectivity index (χ0) is 15.9. The fourth-order valence-corrected chi connectivity index (χ4v) is 2.75. The van der Waals surface area contributed by atoms with E-state index in [0.29, 0.717) is 16.6 Å². The van der Waals surface area contributed by atoms with Gasteiger partial charge in [0.2, 0.25) is 0 Å². The summed E-state index contributed by atoms with van der Waals surface area (Å²) in [5, 5.41) is 10.9. The fourth-order valence-electron chi connectivity index (χ4n) is 2.39. The first-order valence-electron chi connectivity index (χ1n) is 6.40. The van der Waals surface area contributed by atoms with Crippen molar-refractivity contribution in [3.8, 4) is 11.4 Å². The molecule has 6 heteroatoms. The summed E-state index contributed by atoms with van der Waals surface area (Å²) in [6.45, 7) is 0. The molecular weight excluding hydrogens is 353 g/mol. The summed E-state index contributed by atoms with van der Waals surface area (Å²) in [6, 6.07) is 10.9. The Hall–Kier alpha value is -2.34. The van der Waals surface area contributed by atoms with Gasteiger partial charge in [-0.25, -0.2) is 9.18 Å². The third-order valence-electron chi connectivity index (χ3n) is 3.37. The Morgan fingerprint density at radius 2 is 1.91 bits per heavy atom. The van der Waals surface area contributed by atoms with Crippen molar-refractivity contribution in [2.24, 2.45) is 0 Å². The molecule has 0 saturated carbocycles. The van der Waals surface area contributed by atoms with Crippen LogP contribution in [-0.2, 0) is 4.74 Å². The van der Waals surface area contributed by atoms with E-state index in [0.717, 1.165) is 4.47 Å². The lowest BCUT2D eigenvalue weighted by Crippen LogP contribution is -2.09. The Bertz CT molecular complexity index is 871. The average Bonchev–Trinajstić information content (AvgIpc) is 2.80. The maximum atomic E-state index is 13.1. The number of esters is 1. The van der Waals surface area contributed by atoms with Crippen LogP contribution in [0.15, 0.2) is 46.9 Å². The number of carbonyl (C=O) groups excluding carboxylic acids is 1. The van der Waals surface area contributed by atoms with Crippen molar-refractivity contribution in [3.63, 3.8) is 0 Å². The zero-order valence-corrected chi connectivity index (χ0v) is 13.1. The number of fused-ring (bicyclic) bond motifs is 1. The molecule has 0 saturated heterocycles. The van der Waals surface area contributed by atoms with Gasteiger partial charge in [-0.1, -0.05) is 15.9 Å². The van der Waals surface area contributed by atoms with Gasteiger partial charge in [-0.2, -0.15) is 0 Å². The van der Waals surface area contributed by atoms with Gasteiger partial charge in [0.25, 0.3) is 0 Å². The maximum Gasteiger partial charge on any atom is 0.358 e. The molecule has 3 aromatic rings. The zero-order valence-electron chi connectivity index (χ0n) is 11.5. The molecule has 0 aliphatic heterocycles. The Balaban J connectivity index is 2.40. The molecule has 0 radical (unpaired) electrons. The molecule has 0 spiro atoms. The minimum absolute atomic E-state index is 0.00204. The summed E-state index contributed by atoms with van der Waals surface area (Å²) in [7, 11) is 1.24. The molecule has 0 aliphatic rings. The van der Waals surface area contributed by atoms with Gasteiger partial charge in [0, 0.05) is 15.5 Å². The number of hydrogen-bond acceptors (Lipinski definition) is 3. The van der Waals surface area contributed by atoms with E-state index in [1.807, 2.05) is 0 Å². The molecule has 0 unspecified atom stereocenters. The first kappa shape index (κ1) is 14.6. The van der Waals surface area contributed by atoms with Crippen LogP contribution < -0.4 is 0 Å². The Kier molecular flexibility index (Phi) is 3.62. The number of aromatic hydroxyl groups is 1. The van der Waals surface area contributed by atoms with E-state index in [1.165, 1.54) is 31.4 Å². The molecular formula is C16H11BrFNO3. The fraction of sp³-hybridized carbons (Fsp3) is 0.0625. The minimum Gasteiger partial charge on any atom is -0.505 e. The van der Waals surface area contributed by atoms with Crippen molar-refractivity contribution in [1.29, 1.82) is 0 Å². The molecule has 0 amide bonds. The molecule has 2 aromatic carbocycles. The Morgan fingerprint density at radius 3 is 2.55 bits per heavy atom. The van der Waals surface area contributed by atoms with Crippen molar-refractivity contribution in [2.45, 2.75) is 0 Å². The Morgan fingerprint density at radius 1 is 1.23 bits per heavy atom. The van der Waals surface area contributed by atoms with E-state index in [2.05, 4.69) is 15.9 Å². The van der Waals surface area contributed by atoms with Crippen LogP contribution in [0.3, 0.4) is 0 Å². The normalized spacial score (nSPS) is 10.9. The van der Waals surface area contributed by atoms with Crippen LogP contribution in [0.4, 0.5) is 4.39 Å². The molecule has 1 aromatic heterocycles. The number of rotatable bonds is 2. The molecule has 1 N–H and O–H groups in total. The third kappa shape index (κ3) is 2.25. The first-order chi connectivity index (χ1) is 10.5. The average molecular weight is 364 g/mol. The molecule has 112 valence electrons. The number of hydrogen-bond donors (Lipinski definition) is 1. The van der Waals surface area contributed by atoms with Crippen molar-refractivity contribution in [1.82, 2.24) is 4.57 Å². The van der Waals surface area contributed by atoms with Crippen molar-refractivity contribution < 1.29 is 19.0 Å². The highest BCUT2D eigenvalue weighted by Crippen LogP contribution is 2.36. The molecule has 0 bridgehead atoms. The highest BCUT2D eigenvalue weighted by molar-refractivity contribution is 9.10. The third-order valence-corrected chi connectivity index (χ3v) is 3.86. The summed E-state index contributed by atoms with van der Waals surface area (Å²) >= 11 is 3.33. The summed E-state index contributed by atoms with van der Waals surface area (Å²) < 4.78 is 20.2. The van der Waals surface area contributed by atoms with Gasteiger partial charge in [0.05, 0.1) is 12.6 Å². The topological polar surface area (TPSA) is 51.5 Å². The highest BCUT2D eigenvalue weighted by Gasteiger charge is 2.24. The van der Waals surface area contributed by atoms with Gasteiger partial charge >= 0.3 is 5.97 Å². The predicted molar refractivity (Wildman–Crippen MR) is 83.9 cm³/mol. The van der Waals surface area contributed by atoms with E-state index in [9.17, 15) is 14.3 Å². The SMILES string of the molecule is COC(=O)c1c(O)c2cc(Br)ccc2n1-c1ccc(F)cc1. The number of halogens is 2. The Labute approximate surface area is 133 Å². The lowest BCUT2D eigenvalue weighted by Gasteiger charge is -2.09. The standard InChI is InChI=1S/C16H11BrFNO3/c1-22-16(21)14-15(20)12-8-9(17)2-7-13(12)19(14)11-5-3-10(18)4-6-11/h2-8,20H,1H3. The quantitative estimate of drug-likeness (QED) is 0.699. The van der Waals surface area contributed by atoms with Crippen LogP contribution in [0, 0.1) is 5.82 Å². The molecule has 0 aliphatic carbocycles. The number of nitrogens with zero attached hydrogens (tertiary/aromatic N) is 1. The van der Waals surface area contributed by atoms with Gasteiger partial charge in [-0.05, 0) is 42.5 Å². The summed E-state index contributed by atoms with van der Waals surface area (Å²) in [6.07, 6.45) is 0. The van der Waals surface area contributed by atoms with Gasteiger partial charge < -0.3 is 14.4 Å². The molecule has 0 atom stereocenters. The number of ether oxygens (including phenoxy) is 1. The smallest absolute Gasteiger partial charge is 0.358 e. The van der Waals surface area contributed by atoms with Crippen molar-refractivity contribution in [2.75, 3.05) is 7.11 Å². The van der Waals surface area contributed by atoms with Crippen LogP contribution in [0.25, 0.3) is 16.6 Å². The molecule has 4 nitrogen and oxygen atoms in total. The van der Waals surface area contributed by atoms with E-state index in [1.54, 1.807) is 22.8 Å². The largest absolute Gasteiger partial charge is 0.505 e. The van der Waals surface area contributed by atoms with Gasteiger partial charge in [-0.3, -0.25) is 0 Å². The van der Waals surface area contributed by atoms with Crippen LogP contribution >= 0.6 is 15.9 Å². The maximum absolute atomic E-state index is 13.1. The second kappa shape index (κ2) is 5.46. The van der Waals surface area contributed by atoms with Crippen molar-refractivity contribution in [3.05, 3.63) is 58.4 Å². The monoisotopic (exact) mass is 363 g/mol. The summed E-state index contributed by atoms with van der Waals surface area (Å²) in [4.78, 5) is 12.1. The second-order valence-corrected chi connectivity index (χ2v) is 5.58. The number of methoxy groups -OCH3 is 1. The van der Waals surface area contributed by atoms with E-state index >= 15 is 0 Å². The molecule has 22 heavy (non-hydrogen) atoms. The number of aromatic nitrogens is 1. The van der Waals surface area contributed by atoms with Crippen LogP contribution in [-0.4, -0.2) is 22.8 Å². The summed E-state index contributed by atoms with van der Waals surface area (Å²) in [5.41, 5.74) is 1.17. The molecule has 0 fully saturated rings. The van der Waals surface area contributed by atoms with E-state index < -0.39 is 5.97 Å². The van der Waals surface area contributed by atoms with Crippen molar-refractivity contribution >= 4 is 32.8 Å². The molecule has 3 rings (SSSR count). The summed E-state index contributed by atoms with van der Waals surface area (Å²) in [5.74, 6) is -1.23. The highest BCUT2D eigenvalue weighted by atomic mass is 79.9. The minimum atomic E-state index is -0.672. The number of carbonyl (C=O) groups is 1. The van der Waals surface area contributed by atoms with E-state index in [4.69, 9.17) is 4.74 Å². The van der Waals surface area contributed by atoms with Gasteiger partial charge in [-0.15, -0.1) is 0 Å². The predicted octanol–water partition coefficient (Wildman–Crippen LogP) is 4.02. The lowest BCUT2D eigenvalue weighted by molar-refractivity contribution is 0.0588. The van der Waals surface area contributed by atoms with Crippen LogP contribution in [0.1, 0.15) is 10.5 Å². The lowest BCUT2D eigenvalue weighted by atomic mass is 10.2. The van der Waals surface area contributed by atoms with Gasteiger partial charge in [0.15, 0.2) is 11.4 Å².